The molecule has 0 aromatic heterocycles. The largest absolute Gasteiger partial charge is 0.303 e. The Labute approximate surface area is 75.2 Å². The second-order valence-electron chi connectivity index (χ2n) is 2.34. The molecule has 3 heteroatoms. The number of carbonyl (C=O) groups excluding carboxylic acids is 2. The summed E-state index contributed by atoms with van der Waals surface area (Å²) in [7, 11) is 0. The van der Waals surface area contributed by atoms with E-state index in [0.29, 0.717) is 23.3 Å². The quantitative estimate of drug-likeness (QED) is 0.669. The van der Waals surface area contributed by atoms with Crippen LogP contribution in [0.25, 0.3) is 0 Å². The molecule has 0 amide bonds. The summed E-state index contributed by atoms with van der Waals surface area (Å²) < 4.78 is 0. The van der Waals surface area contributed by atoms with Crippen LogP contribution in [0, 0.1) is 0 Å². The van der Waals surface area contributed by atoms with Crippen LogP contribution in [0.2, 0.25) is 5.02 Å². The Morgan fingerprint density at radius 3 is 2.58 bits per heavy atom. The van der Waals surface area contributed by atoms with Gasteiger partial charge in [-0.15, -0.1) is 0 Å². The maximum Gasteiger partial charge on any atom is 0.151 e. The molecule has 12 heavy (non-hydrogen) atoms. The van der Waals surface area contributed by atoms with Crippen molar-refractivity contribution in [3.05, 3.63) is 34.3 Å². The molecule has 0 fully saturated rings. The minimum absolute atomic E-state index is 0.332. The maximum atomic E-state index is 10.3. The zero-order valence-electron chi connectivity index (χ0n) is 6.29. The fourth-order valence-corrected chi connectivity index (χ4v) is 1.14. The first-order valence-electron chi connectivity index (χ1n) is 3.45. The average molecular weight is 183 g/mol. The van der Waals surface area contributed by atoms with E-state index in [1.54, 1.807) is 18.2 Å². The second kappa shape index (κ2) is 4.02. The second-order valence-corrected chi connectivity index (χ2v) is 2.75. The highest BCUT2D eigenvalue weighted by molar-refractivity contribution is 6.33. The van der Waals surface area contributed by atoms with Crippen LogP contribution in [0.1, 0.15) is 15.9 Å². The van der Waals surface area contributed by atoms with Gasteiger partial charge >= 0.3 is 0 Å². The van der Waals surface area contributed by atoms with Gasteiger partial charge in [0.05, 0.1) is 5.02 Å². The van der Waals surface area contributed by atoms with E-state index in [4.69, 9.17) is 11.6 Å². The van der Waals surface area contributed by atoms with Gasteiger partial charge in [0.15, 0.2) is 6.29 Å². The van der Waals surface area contributed by atoms with E-state index in [1.807, 2.05) is 0 Å². The molecule has 62 valence electrons. The first-order chi connectivity index (χ1) is 5.77. The zero-order valence-corrected chi connectivity index (χ0v) is 7.04. The van der Waals surface area contributed by atoms with Crippen molar-refractivity contribution in [1.29, 1.82) is 0 Å². The average Bonchev–Trinajstić information content (AvgIpc) is 2.05. The molecule has 0 aliphatic carbocycles. The summed E-state index contributed by atoms with van der Waals surface area (Å²) in [4.78, 5) is 20.5. The van der Waals surface area contributed by atoms with Crippen LogP contribution in [-0.2, 0) is 11.2 Å². The zero-order chi connectivity index (χ0) is 8.97. The van der Waals surface area contributed by atoms with E-state index < -0.39 is 0 Å². The van der Waals surface area contributed by atoms with E-state index in [0.717, 1.165) is 11.8 Å². The first-order valence-corrected chi connectivity index (χ1v) is 3.83. The fourth-order valence-electron chi connectivity index (χ4n) is 0.889. The number of aldehydes is 2. The van der Waals surface area contributed by atoms with Crippen molar-refractivity contribution in [3.63, 3.8) is 0 Å². The van der Waals surface area contributed by atoms with Gasteiger partial charge in [-0.1, -0.05) is 17.7 Å². The highest BCUT2D eigenvalue weighted by atomic mass is 35.5. The molecule has 0 saturated heterocycles. The Bertz CT molecular complexity index is 307. The summed E-state index contributed by atoms with van der Waals surface area (Å²) in [5.74, 6) is 0. The van der Waals surface area contributed by atoms with Crippen molar-refractivity contribution in [3.8, 4) is 0 Å². The van der Waals surface area contributed by atoms with Crippen LogP contribution in [0.15, 0.2) is 18.2 Å². The van der Waals surface area contributed by atoms with Crippen LogP contribution in [-0.4, -0.2) is 12.6 Å². The third-order valence-corrected chi connectivity index (χ3v) is 1.84. The molecule has 0 aliphatic heterocycles. The Morgan fingerprint density at radius 1 is 1.33 bits per heavy atom. The van der Waals surface area contributed by atoms with Crippen molar-refractivity contribution in [2.24, 2.45) is 0 Å². The van der Waals surface area contributed by atoms with Crippen molar-refractivity contribution in [2.75, 3.05) is 0 Å². The molecule has 0 saturated carbocycles. The molecule has 1 aromatic carbocycles. The van der Waals surface area contributed by atoms with Crippen LogP contribution >= 0.6 is 11.6 Å². The molecule has 1 rings (SSSR count). The number of rotatable bonds is 3. The SMILES string of the molecule is O=CCc1ccc(C=O)c(Cl)c1. The molecule has 0 spiro atoms. The van der Waals surface area contributed by atoms with Gasteiger partial charge in [-0.25, -0.2) is 0 Å². The van der Waals surface area contributed by atoms with Gasteiger partial charge in [-0.2, -0.15) is 0 Å². The highest BCUT2D eigenvalue weighted by Crippen LogP contribution is 2.15. The van der Waals surface area contributed by atoms with Crippen LogP contribution < -0.4 is 0 Å². The Kier molecular flexibility index (Phi) is 3.00. The molecule has 0 aliphatic rings. The van der Waals surface area contributed by atoms with Gasteiger partial charge in [-0.3, -0.25) is 4.79 Å². The van der Waals surface area contributed by atoms with E-state index in [-0.39, 0.29) is 0 Å². The molecule has 0 N–H and O–H groups in total. The predicted octanol–water partition coefficient (Wildman–Crippen LogP) is 1.89. The van der Waals surface area contributed by atoms with E-state index in [9.17, 15) is 9.59 Å². The molecule has 0 unspecified atom stereocenters. The fraction of sp³-hybridized carbons (Fsp3) is 0.111. The number of hydrogen-bond donors (Lipinski definition) is 0. The molecular formula is C9H7ClO2. The molecule has 1 aromatic rings. The van der Waals surface area contributed by atoms with Gasteiger partial charge in [0, 0.05) is 12.0 Å². The topological polar surface area (TPSA) is 34.1 Å². The monoisotopic (exact) mass is 182 g/mol. The normalized spacial score (nSPS) is 9.42. The lowest BCUT2D eigenvalue weighted by Gasteiger charge is -1.98. The molecule has 2 nitrogen and oxygen atoms in total. The van der Waals surface area contributed by atoms with Gasteiger partial charge in [0.25, 0.3) is 0 Å². The Hall–Kier alpha value is -1.15. The minimum Gasteiger partial charge on any atom is -0.303 e. The smallest absolute Gasteiger partial charge is 0.151 e. The van der Waals surface area contributed by atoms with Crippen molar-refractivity contribution in [2.45, 2.75) is 6.42 Å². The first kappa shape index (κ1) is 8.94. The van der Waals surface area contributed by atoms with Crippen LogP contribution in [0.4, 0.5) is 0 Å². The van der Waals surface area contributed by atoms with E-state index in [1.165, 1.54) is 0 Å². The lowest BCUT2D eigenvalue weighted by molar-refractivity contribution is -0.107. The van der Waals surface area contributed by atoms with Crippen molar-refractivity contribution in [1.82, 2.24) is 0 Å². The molecule has 0 radical (unpaired) electrons. The van der Waals surface area contributed by atoms with Gasteiger partial charge in [-0.05, 0) is 17.7 Å². The molecule has 0 bridgehead atoms. The summed E-state index contributed by atoms with van der Waals surface area (Å²) in [5, 5.41) is 0.393. The maximum absolute atomic E-state index is 10.3. The summed E-state index contributed by atoms with van der Waals surface area (Å²) in [6.07, 6.45) is 1.82. The third-order valence-electron chi connectivity index (χ3n) is 1.51. The number of benzene rings is 1. The standard InChI is InChI=1S/C9H7ClO2/c10-9-5-7(3-4-11)1-2-8(9)6-12/h1-2,4-6H,3H2. The lowest BCUT2D eigenvalue weighted by atomic mass is 10.1. The summed E-state index contributed by atoms with van der Waals surface area (Å²) in [5.41, 5.74) is 1.27. The van der Waals surface area contributed by atoms with Crippen molar-refractivity contribution < 1.29 is 9.59 Å². The molecular weight excluding hydrogens is 176 g/mol. The van der Waals surface area contributed by atoms with Crippen LogP contribution in [0.5, 0.6) is 0 Å². The minimum atomic E-state index is 0.332. The summed E-state index contributed by atoms with van der Waals surface area (Å²) in [6, 6.07) is 4.94. The summed E-state index contributed by atoms with van der Waals surface area (Å²) >= 11 is 5.72. The Balaban J connectivity index is 3.00. The number of hydrogen-bond acceptors (Lipinski definition) is 2. The van der Waals surface area contributed by atoms with Gasteiger partial charge < -0.3 is 4.79 Å². The summed E-state index contributed by atoms with van der Waals surface area (Å²) in [6.45, 7) is 0. The van der Waals surface area contributed by atoms with Crippen LogP contribution in [0.3, 0.4) is 0 Å². The highest BCUT2D eigenvalue weighted by Gasteiger charge is 1.99. The van der Waals surface area contributed by atoms with E-state index in [2.05, 4.69) is 0 Å². The lowest BCUT2D eigenvalue weighted by Crippen LogP contribution is -1.88. The number of halogens is 1. The predicted molar refractivity (Wildman–Crippen MR) is 46.6 cm³/mol. The van der Waals surface area contributed by atoms with E-state index >= 15 is 0 Å². The molecule has 0 atom stereocenters. The van der Waals surface area contributed by atoms with Gasteiger partial charge in [0.1, 0.15) is 6.29 Å². The Morgan fingerprint density at radius 2 is 2.08 bits per heavy atom. The number of carbonyl (C=O) groups is 2. The third kappa shape index (κ3) is 1.92. The van der Waals surface area contributed by atoms with Crippen molar-refractivity contribution >= 4 is 24.2 Å². The molecule has 0 heterocycles. The van der Waals surface area contributed by atoms with Gasteiger partial charge in [0.2, 0.25) is 0 Å².